The Kier molecular flexibility index (Phi) is 7.30. The van der Waals surface area contributed by atoms with E-state index in [4.69, 9.17) is 34.8 Å². The molecule has 3 heterocycles. The molecule has 4 aromatic rings. The van der Waals surface area contributed by atoms with E-state index < -0.39 is 5.82 Å². The molecule has 0 saturated carbocycles. The number of aromatic nitrogens is 2. The van der Waals surface area contributed by atoms with Crippen LogP contribution in [0.25, 0.3) is 17.0 Å². The number of fused-ring (bicyclic) bond motifs is 3. The van der Waals surface area contributed by atoms with Crippen molar-refractivity contribution in [3.63, 3.8) is 0 Å². The molecule has 2 aromatic heterocycles. The lowest BCUT2D eigenvalue weighted by Gasteiger charge is -2.27. The van der Waals surface area contributed by atoms with Gasteiger partial charge in [-0.05, 0) is 53.1 Å². The summed E-state index contributed by atoms with van der Waals surface area (Å²) < 4.78 is 16.1. The number of carbonyl (C=O) groups excluding carboxylic acids is 1. The van der Waals surface area contributed by atoms with E-state index in [0.717, 1.165) is 35.5 Å². The SMILES string of the molecule is O=C(NCc1ccnc(Cl)c1)n1c2c(c3cc(F)c(Cl)cc31)CN(CC=Cc1ccc(Cl)cc1)CC2. The number of amides is 1. The van der Waals surface area contributed by atoms with Gasteiger partial charge in [-0.2, -0.15) is 0 Å². The van der Waals surface area contributed by atoms with Crippen LogP contribution in [0.2, 0.25) is 15.2 Å². The molecule has 184 valence electrons. The summed E-state index contributed by atoms with van der Waals surface area (Å²) in [6.45, 7) is 2.36. The van der Waals surface area contributed by atoms with Gasteiger partial charge in [0.05, 0.1) is 10.5 Å². The van der Waals surface area contributed by atoms with Crippen LogP contribution in [0.5, 0.6) is 0 Å². The molecular formula is C27H22Cl3FN4O. The second kappa shape index (κ2) is 10.6. The summed E-state index contributed by atoms with van der Waals surface area (Å²) in [6.07, 6.45) is 6.38. The third-order valence-electron chi connectivity index (χ3n) is 6.25. The van der Waals surface area contributed by atoms with Crippen molar-refractivity contribution in [1.29, 1.82) is 0 Å². The minimum atomic E-state index is -0.504. The van der Waals surface area contributed by atoms with Crippen LogP contribution in [0, 0.1) is 5.82 Å². The van der Waals surface area contributed by atoms with Crippen molar-refractivity contribution in [2.75, 3.05) is 13.1 Å². The van der Waals surface area contributed by atoms with Crippen LogP contribution in [0.4, 0.5) is 9.18 Å². The summed E-state index contributed by atoms with van der Waals surface area (Å²) in [6, 6.07) is 13.8. The quantitative estimate of drug-likeness (QED) is 0.277. The Hall–Kier alpha value is -2.90. The summed E-state index contributed by atoms with van der Waals surface area (Å²) in [7, 11) is 0. The van der Waals surface area contributed by atoms with Gasteiger partial charge in [0.2, 0.25) is 0 Å². The van der Waals surface area contributed by atoms with Crippen LogP contribution in [-0.4, -0.2) is 33.6 Å². The fourth-order valence-electron chi connectivity index (χ4n) is 4.51. The molecule has 0 radical (unpaired) electrons. The van der Waals surface area contributed by atoms with E-state index in [1.165, 1.54) is 12.1 Å². The number of carbonyl (C=O) groups is 1. The van der Waals surface area contributed by atoms with Crippen LogP contribution in [0.3, 0.4) is 0 Å². The van der Waals surface area contributed by atoms with Gasteiger partial charge in [0.15, 0.2) is 0 Å². The second-order valence-electron chi connectivity index (χ2n) is 8.63. The summed E-state index contributed by atoms with van der Waals surface area (Å²) in [5.41, 5.74) is 4.30. The number of hydrogen-bond donors (Lipinski definition) is 1. The largest absolute Gasteiger partial charge is 0.333 e. The van der Waals surface area contributed by atoms with Crippen molar-refractivity contribution in [2.45, 2.75) is 19.5 Å². The van der Waals surface area contributed by atoms with Crippen molar-refractivity contribution in [3.05, 3.63) is 104 Å². The maximum absolute atomic E-state index is 14.5. The molecule has 36 heavy (non-hydrogen) atoms. The zero-order valence-corrected chi connectivity index (χ0v) is 21.4. The molecule has 1 aliphatic heterocycles. The average Bonchev–Trinajstić information content (AvgIpc) is 3.16. The predicted octanol–water partition coefficient (Wildman–Crippen LogP) is 6.97. The highest BCUT2D eigenvalue weighted by molar-refractivity contribution is 6.31. The molecule has 0 fully saturated rings. The maximum atomic E-state index is 14.5. The Morgan fingerprint density at radius 3 is 2.69 bits per heavy atom. The van der Waals surface area contributed by atoms with E-state index in [1.54, 1.807) is 22.9 Å². The lowest BCUT2D eigenvalue weighted by molar-refractivity contribution is 0.240. The molecule has 9 heteroatoms. The first-order valence-corrected chi connectivity index (χ1v) is 12.6. The number of halogens is 4. The Morgan fingerprint density at radius 1 is 1.11 bits per heavy atom. The highest BCUT2D eigenvalue weighted by Crippen LogP contribution is 2.34. The van der Waals surface area contributed by atoms with Gasteiger partial charge >= 0.3 is 6.03 Å². The fourth-order valence-corrected chi connectivity index (χ4v) is 4.99. The van der Waals surface area contributed by atoms with E-state index in [2.05, 4.69) is 21.3 Å². The van der Waals surface area contributed by atoms with Gasteiger partial charge in [-0.25, -0.2) is 14.2 Å². The highest BCUT2D eigenvalue weighted by Gasteiger charge is 2.27. The monoisotopic (exact) mass is 542 g/mol. The molecule has 0 spiro atoms. The Morgan fingerprint density at radius 2 is 1.92 bits per heavy atom. The first-order chi connectivity index (χ1) is 17.4. The third-order valence-corrected chi connectivity index (χ3v) is 7.00. The van der Waals surface area contributed by atoms with E-state index >= 15 is 0 Å². The summed E-state index contributed by atoms with van der Waals surface area (Å²) in [5, 5.41) is 4.68. The van der Waals surface area contributed by atoms with E-state index in [9.17, 15) is 9.18 Å². The average molecular weight is 544 g/mol. The zero-order chi connectivity index (χ0) is 25.2. The molecule has 0 atom stereocenters. The standard InChI is InChI=1S/C27H22Cl3FN4O/c28-19-5-3-17(4-6-19)2-1-10-34-11-8-24-21(16-34)20-13-23(31)22(29)14-25(20)35(24)27(36)33-15-18-7-9-32-26(30)12-18/h1-7,9,12-14H,8,10-11,15-16H2,(H,33,36). The van der Waals surface area contributed by atoms with Crippen LogP contribution in [0.15, 0.2) is 60.8 Å². The number of nitrogens with zero attached hydrogens (tertiary/aromatic N) is 3. The van der Waals surface area contributed by atoms with Crippen LogP contribution in [-0.2, 0) is 19.5 Å². The molecule has 0 saturated heterocycles. The zero-order valence-electron chi connectivity index (χ0n) is 19.1. The van der Waals surface area contributed by atoms with E-state index in [0.29, 0.717) is 34.0 Å². The van der Waals surface area contributed by atoms with Gasteiger partial charge in [-0.1, -0.05) is 59.1 Å². The normalized spacial score (nSPS) is 13.9. The number of hydrogen-bond acceptors (Lipinski definition) is 3. The van der Waals surface area contributed by atoms with Gasteiger partial charge in [0.1, 0.15) is 11.0 Å². The van der Waals surface area contributed by atoms with Crippen molar-refractivity contribution < 1.29 is 9.18 Å². The fraction of sp³-hybridized carbons (Fsp3) is 0.185. The summed E-state index contributed by atoms with van der Waals surface area (Å²) in [5.74, 6) is -0.504. The predicted molar refractivity (Wildman–Crippen MR) is 143 cm³/mol. The topological polar surface area (TPSA) is 50.2 Å². The van der Waals surface area contributed by atoms with Crippen molar-refractivity contribution in [2.24, 2.45) is 0 Å². The maximum Gasteiger partial charge on any atom is 0.326 e. The number of benzene rings is 2. The van der Waals surface area contributed by atoms with Crippen LogP contribution >= 0.6 is 34.8 Å². The third kappa shape index (κ3) is 5.27. The minimum Gasteiger partial charge on any atom is -0.333 e. The highest BCUT2D eigenvalue weighted by atomic mass is 35.5. The molecular weight excluding hydrogens is 522 g/mol. The number of rotatable bonds is 5. The van der Waals surface area contributed by atoms with Gasteiger partial charge in [-0.3, -0.25) is 9.47 Å². The molecule has 0 aliphatic carbocycles. The molecule has 1 amide bonds. The Bertz CT molecular complexity index is 1470. The molecule has 0 bridgehead atoms. The summed E-state index contributed by atoms with van der Waals surface area (Å²) >= 11 is 18.0. The van der Waals surface area contributed by atoms with Crippen molar-refractivity contribution in [1.82, 2.24) is 19.8 Å². The van der Waals surface area contributed by atoms with Gasteiger partial charge in [0, 0.05) is 54.9 Å². The van der Waals surface area contributed by atoms with Crippen molar-refractivity contribution >= 4 is 57.8 Å². The molecule has 1 N–H and O–H groups in total. The molecule has 0 unspecified atom stereocenters. The number of pyridine rings is 1. The first-order valence-electron chi connectivity index (χ1n) is 11.4. The van der Waals surface area contributed by atoms with Gasteiger partial charge in [0.25, 0.3) is 0 Å². The van der Waals surface area contributed by atoms with Crippen molar-refractivity contribution in [3.8, 4) is 0 Å². The van der Waals surface area contributed by atoms with E-state index in [-0.39, 0.29) is 17.6 Å². The van der Waals surface area contributed by atoms with Gasteiger partial charge < -0.3 is 5.32 Å². The van der Waals surface area contributed by atoms with Crippen LogP contribution in [0.1, 0.15) is 22.4 Å². The Labute approximate surface area is 223 Å². The second-order valence-corrected chi connectivity index (χ2v) is 9.86. The Balaban J connectivity index is 1.40. The van der Waals surface area contributed by atoms with E-state index in [1.807, 2.05) is 30.3 Å². The smallest absolute Gasteiger partial charge is 0.326 e. The number of nitrogens with one attached hydrogen (secondary N) is 1. The molecule has 2 aromatic carbocycles. The first kappa shape index (κ1) is 24.8. The molecule has 1 aliphatic rings. The lowest BCUT2D eigenvalue weighted by Crippen LogP contribution is -2.34. The molecule has 5 rings (SSSR count). The van der Waals surface area contributed by atoms with Gasteiger partial charge in [-0.15, -0.1) is 0 Å². The summed E-state index contributed by atoms with van der Waals surface area (Å²) in [4.78, 5) is 19.5. The van der Waals surface area contributed by atoms with Crippen LogP contribution < -0.4 is 5.32 Å². The minimum absolute atomic E-state index is 0.0185. The lowest BCUT2D eigenvalue weighted by atomic mass is 10.0. The molecule has 5 nitrogen and oxygen atoms in total.